The van der Waals surface area contributed by atoms with Crippen LogP contribution in [0.15, 0.2) is 0 Å². The maximum absolute atomic E-state index is 11.3. The second kappa shape index (κ2) is 14.1. The van der Waals surface area contributed by atoms with Gasteiger partial charge in [-0.25, -0.2) is 0 Å². The van der Waals surface area contributed by atoms with Crippen molar-refractivity contribution in [2.75, 3.05) is 0 Å². The number of unbranched alkanes of at least 4 members (excludes halogenated alkanes) is 6. The summed E-state index contributed by atoms with van der Waals surface area (Å²) in [5, 5.41) is 21.7. The van der Waals surface area contributed by atoms with Crippen molar-refractivity contribution in [2.24, 2.45) is 0 Å². The molecule has 0 aliphatic heterocycles. The van der Waals surface area contributed by atoms with Crippen LogP contribution in [-0.2, 0) is 19.7 Å². The van der Waals surface area contributed by atoms with E-state index in [1.807, 2.05) is 0 Å². The molecule has 7 nitrogen and oxygen atoms in total. The summed E-state index contributed by atoms with van der Waals surface area (Å²) in [6.07, 6.45) is 3.87. The van der Waals surface area contributed by atoms with Crippen LogP contribution in [0.5, 0.6) is 0 Å². The first kappa shape index (κ1) is 28.6. The number of carbonyl (C=O) groups excluding carboxylic acids is 2. The summed E-state index contributed by atoms with van der Waals surface area (Å²) in [5.41, 5.74) is 0. The Kier molecular flexibility index (Phi) is 17.5. The summed E-state index contributed by atoms with van der Waals surface area (Å²) in [6.45, 7) is 2.07. The molecule has 0 bridgehead atoms. The third-order valence-corrected chi connectivity index (χ3v) is 4.98. The van der Waals surface area contributed by atoms with Gasteiger partial charge in [-0.3, -0.25) is 4.55 Å². The molecule has 0 fully saturated rings. The molecule has 0 aromatic heterocycles. The number of hydrogen-bond donors (Lipinski definition) is 1. The molecule has 0 heterocycles. The number of carbonyl (C=O) groups is 2. The molecule has 0 saturated heterocycles. The fourth-order valence-electron chi connectivity index (χ4n) is 2.19. The summed E-state index contributed by atoms with van der Waals surface area (Å²) in [7, 11) is -5.11. The number of rotatable bonds is 12. The third-order valence-electron chi connectivity index (χ3n) is 3.48. The van der Waals surface area contributed by atoms with Gasteiger partial charge in [-0.15, -0.1) is 0 Å². The molecule has 0 amide bonds. The molecule has 0 radical (unpaired) electrons. The van der Waals surface area contributed by atoms with Crippen molar-refractivity contribution in [3.05, 3.63) is 0 Å². The van der Waals surface area contributed by atoms with Crippen LogP contribution in [-0.4, -0.2) is 29.7 Å². The molecule has 0 aliphatic carbocycles. The molecular weight excluding hydrogens is 346 g/mol. The Morgan fingerprint density at radius 3 is 1.74 bits per heavy atom. The van der Waals surface area contributed by atoms with Gasteiger partial charge in [-0.2, -0.15) is 8.42 Å². The Labute approximate surface area is 181 Å². The van der Waals surface area contributed by atoms with Crippen LogP contribution in [0.1, 0.15) is 64.7 Å². The first-order chi connectivity index (χ1) is 9.67. The first-order valence-corrected chi connectivity index (χ1v) is 8.49. The predicted molar refractivity (Wildman–Crippen MR) is 71.5 cm³/mol. The summed E-state index contributed by atoms with van der Waals surface area (Å²) >= 11 is 0. The molecule has 0 aromatic carbocycles. The minimum absolute atomic E-state index is 0. The van der Waals surface area contributed by atoms with Crippen molar-refractivity contribution >= 4 is 22.1 Å². The molecule has 0 aliphatic rings. The smallest absolute Gasteiger partial charge is 0.550 e. The van der Waals surface area contributed by atoms with Crippen LogP contribution in [0.3, 0.4) is 0 Å². The Hall–Kier alpha value is 0.850. The normalized spacial score (nSPS) is 13.3. The van der Waals surface area contributed by atoms with Crippen molar-refractivity contribution in [3.8, 4) is 0 Å². The molecule has 1 unspecified atom stereocenters. The van der Waals surface area contributed by atoms with Crippen LogP contribution in [0.4, 0.5) is 0 Å². The van der Waals surface area contributed by atoms with Gasteiger partial charge in [0, 0.05) is 12.4 Å². The molecule has 0 saturated carbocycles. The van der Waals surface area contributed by atoms with E-state index in [2.05, 4.69) is 6.92 Å². The number of carboxylic acids is 2. The Balaban J connectivity index is -0.00000200. The monoisotopic (exact) mass is 368 g/mol. The van der Waals surface area contributed by atoms with Gasteiger partial charge >= 0.3 is 59.1 Å². The van der Waals surface area contributed by atoms with Crippen molar-refractivity contribution in [2.45, 2.75) is 69.5 Å². The van der Waals surface area contributed by atoms with E-state index in [1.54, 1.807) is 0 Å². The van der Waals surface area contributed by atoms with Crippen molar-refractivity contribution in [3.63, 3.8) is 0 Å². The summed E-state index contributed by atoms with van der Waals surface area (Å²) < 4.78 is 28.8. The quantitative estimate of drug-likeness (QED) is 0.206. The number of hydrogen-bond acceptors (Lipinski definition) is 6. The van der Waals surface area contributed by atoms with Gasteiger partial charge in [-0.1, -0.05) is 51.9 Å². The molecule has 1 N–H and O–H groups in total. The van der Waals surface area contributed by atoms with E-state index in [4.69, 9.17) is 4.55 Å². The Morgan fingerprint density at radius 1 is 0.957 bits per heavy atom. The van der Waals surface area contributed by atoms with Crippen molar-refractivity contribution in [1.29, 1.82) is 0 Å². The predicted octanol–water partition coefficient (Wildman–Crippen LogP) is -6.35. The van der Waals surface area contributed by atoms with Gasteiger partial charge in [-0.05, 0) is 6.42 Å². The Bertz CT molecular complexity index is 453. The minimum atomic E-state index is -5.11. The summed E-state index contributed by atoms with van der Waals surface area (Å²) in [5.74, 6) is -3.97. The van der Waals surface area contributed by atoms with E-state index in [0.29, 0.717) is 6.42 Å². The van der Waals surface area contributed by atoms with Crippen LogP contribution in [0, 0.1) is 0 Å². The zero-order valence-electron chi connectivity index (χ0n) is 14.2. The van der Waals surface area contributed by atoms with Crippen LogP contribution < -0.4 is 69.3 Å². The minimum Gasteiger partial charge on any atom is -0.550 e. The van der Waals surface area contributed by atoms with Crippen LogP contribution >= 0.6 is 0 Å². The van der Waals surface area contributed by atoms with Crippen molar-refractivity contribution < 1.29 is 91.9 Å². The van der Waals surface area contributed by atoms with Gasteiger partial charge in [0.25, 0.3) is 10.1 Å². The van der Waals surface area contributed by atoms with Crippen LogP contribution in [0.2, 0.25) is 0 Å². The second-order valence-corrected chi connectivity index (χ2v) is 6.91. The molecule has 1 atom stereocenters. The average Bonchev–Trinajstić information content (AvgIpc) is 2.34. The third kappa shape index (κ3) is 10.4. The molecule has 10 heteroatoms. The fraction of sp³-hybridized carbons (Fsp3) is 0.846. The van der Waals surface area contributed by atoms with E-state index in [1.165, 1.54) is 0 Å². The molecule has 0 aromatic rings. The van der Waals surface area contributed by atoms with E-state index in [0.717, 1.165) is 32.1 Å². The zero-order valence-corrected chi connectivity index (χ0v) is 19.0. The fourth-order valence-corrected chi connectivity index (χ4v) is 3.10. The molecular formula is C13H22Na2O7S. The molecule has 23 heavy (non-hydrogen) atoms. The van der Waals surface area contributed by atoms with E-state index in [-0.39, 0.29) is 65.5 Å². The SMILES string of the molecule is CCCCCCCCCC(CC(=O)[O-])(C(=O)[O-])S(=O)(=O)O.[Na+].[Na+]. The average molecular weight is 368 g/mol. The molecule has 0 spiro atoms. The first-order valence-electron chi connectivity index (χ1n) is 7.05. The summed E-state index contributed by atoms with van der Waals surface area (Å²) in [6, 6.07) is 0. The van der Waals surface area contributed by atoms with E-state index >= 15 is 0 Å². The van der Waals surface area contributed by atoms with E-state index in [9.17, 15) is 28.2 Å². The maximum Gasteiger partial charge on any atom is 1.00 e. The Morgan fingerprint density at radius 2 is 1.39 bits per heavy atom. The van der Waals surface area contributed by atoms with Gasteiger partial charge in [0.1, 0.15) is 4.75 Å². The molecule has 124 valence electrons. The zero-order chi connectivity index (χ0) is 16.5. The summed E-state index contributed by atoms with van der Waals surface area (Å²) in [4.78, 5) is 21.7. The second-order valence-electron chi connectivity index (χ2n) is 5.18. The van der Waals surface area contributed by atoms with Gasteiger partial charge < -0.3 is 19.8 Å². The van der Waals surface area contributed by atoms with Gasteiger partial charge in [0.15, 0.2) is 0 Å². The van der Waals surface area contributed by atoms with Gasteiger partial charge in [0.2, 0.25) is 0 Å². The largest absolute Gasteiger partial charge is 1.00 e. The number of aliphatic carboxylic acids is 2. The van der Waals surface area contributed by atoms with E-state index < -0.39 is 39.6 Å². The standard InChI is InChI=1S/C13H24O7S.2Na/c1-2-3-4-5-6-7-8-9-13(12(16)17,10-11(14)15)21(18,19)20;;/h2-10H2,1H3,(H,14,15)(H,16,17)(H,18,19,20);;/q;2*+1/p-2. The van der Waals surface area contributed by atoms with Crippen LogP contribution in [0.25, 0.3) is 0 Å². The van der Waals surface area contributed by atoms with Gasteiger partial charge in [0.05, 0.1) is 5.97 Å². The van der Waals surface area contributed by atoms with Crippen molar-refractivity contribution in [1.82, 2.24) is 0 Å². The maximum atomic E-state index is 11.3. The topological polar surface area (TPSA) is 135 Å². The number of carboxylic acid groups (broad SMARTS) is 2. The molecule has 0 rings (SSSR count).